The quantitative estimate of drug-likeness (QED) is 0.595. The van der Waals surface area contributed by atoms with Gasteiger partial charge in [0.15, 0.2) is 0 Å². The molecule has 5 nitrogen and oxygen atoms in total. The summed E-state index contributed by atoms with van der Waals surface area (Å²) in [5.41, 5.74) is 5.42. The Bertz CT molecular complexity index is 407. The Morgan fingerprint density at radius 1 is 1.35 bits per heavy atom. The average molecular weight is 297 g/mol. The van der Waals surface area contributed by atoms with E-state index in [-0.39, 0.29) is 11.8 Å². The van der Waals surface area contributed by atoms with Gasteiger partial charge in [-0.05, 0) is 30.8 Å². The van der Waals surface area contributed by atoms with Gasteiger partial charge in [-0.25, -0.2) is 0 Å². The van der Waals surface area contributed by atoms with Gasteiger partial charge in [0.1, 0.15) is 6.04 Å². The molecule has 1 atom stereocenters. The van der Waals surface area contributed by atoms with Gasteiger partial charge in [0.25, 0.3) is 0 Å². The molecule has 0 aromatic carbocycles. The summed E-state index contributed by atoms with van der Waals surface area (Å²) in [6.45, 7) is 2.73. The van der Waals surface area contributed by atoms with Crippen LogP contribution >= 0.6 is 11.3 Å². The third-order valence-corrected chi connectivity index (χ3v) is 3.76. The Labute approximate surface area is 123 Å². The molecule has 4 N–H and O–H groups in total. The van der Waals surface area contributed by atoms with E-state index in [1.165, 1.54) is 6.92 Å². The molecule has 112 valence electrons. The van der Waals surface area contributed by atoms with Crippen molar-refractivity contribution in [2.45, 2.75) is 38.6 Å². The Morgan fingerprint density at radius 2 is 2.15 bits per heavy atom. The summed E-state index contributed by atoms with van der Waals surface area (Å²) in [6.07, 6.45) is 3.42. The lowest BCUT2D eigenvalue weighted by atomic mass is 10.1. The highest BCUT2D eigenvalue weighted by Gasteiger charge is 2.19. The first-order valence-corrected chi connectivity index (χ1v) is 7.78. The molecule has 0 aliphatic carbocycles. The van der Waals surface area contributed by atoms with Crippen LogP contribution in [0.15, 0.2) is 17.5 Å². The molecule has 0 fully saturated rings. The molecular formula is C14H23N3O2S. The van der Waals surface area contributed by atoms with Crippen molar-refractivity contribution in [2.75, 3.05) is 13.1 Å². The number of hydrogen-bond donors (Lipinski definition) is 3. The number of carbonyl (C=O) groups excluding carboxylic acids is 2. The number of nitrogens with two attached hydrogens (primary N) is 1. The molecule has 6 heteroatoms. The van der Waals surface area contributed by atoms with E-state index in [2.05, 4.69) is 10.6 Å². The van der Waals surface area contributed by atoms with Gasteiger partial charge in [-0.15, -0.1) is 11.3 Å². The van der Waals surface area contributed by atoms with E-state index < -0.39 is 6.04 Å². The van der Waals surface area contributed by atoms with Crippen LogP contribution in [0.5, 0.6) is 0 Å². The summed E-state index contributed by atoms with van der Waals surface area (Å²) in [5, 5.41) is 7.54. The van der Waals surface area contributed by atoms with Gasteiger partial charge < -0.3 is 16.4 Å². The molecule has 1 aromatic rings. The van der Waals surface area contributed by atoms with Gasteiger partial charge in [-0.1, -0.05) is 12.5 Å². The van der Waals surface area contributed by atoms with Crippen molar-refractivity contribution in [1.82, 2.24) is 10.6 Å². The Hall–Kier alpha value is -1.40. The predicted molar refractivity (Wildman–Crippen MR) is 81.5 cm³/mol. The number of unbranched alkanes of at least 4 members (excludes halogenated alkanes) is 2. The van der Waals surface area contributed by atoms with Crippen molar-refractivity contribution < 1.29 is 9.59 Å². The summed E-state index contributed by atoms with van der Waals surface area (Å²) >= 11 is 1.59. The minimum absolute atomic E-state index is 0.124. The number of rotatable bonds is 9. The number of carbonyl (C=O) groups is 2. The van der Waals surface area contributed by atoms with Crippen molar-refractivity contribution in [2.24, 2.45) is 5.73 Å². The average Bonchev–Trinajstić information content (AvgIpc) is 2.90. The van der Waals surface area contributed by atoms with Crippen molar-refractivity contribution in [3.8, 4) is 0 Å². The van der Waals surface area contributed by atoms with Crippen LogP contribution in [0.4, 0.5) is 0 Å². The maximum atomic E-state index is 12.1. The zero-order chi connectivity index (χ0) is 14.8. The minimum atomic E-state index is -0.499. The van der Waals surface area contributed by atoms with Crippen molar-refractivity contribution in [3.05, 3.63) is 22.4 Å². The highest BCUT2D eigenvalue weighted by atomic mass is 32.1. The molecule has 0 radical (unpaired) electrons. The molecule has 1 rings (SSSR count). The molecular weight excluding hydrogens is 274 g/mol. The fraction of sp³-hybridized carbons (Fsp3) is 0.571. The third-order valence-electron chi connectivity index (χ3n) is 2.86. The zero-order valence-electron chi connectivity index (χ0n) is 11.9. The molecule has 0 aliphatic heterocycles. The Morgan fingerprint density at radius 3 is 2.75 bits per heavy atom. The highest BCUT2D eigenvalue weighted by Crippen LogP contribution is 2.11. The molecule has 1 aromatic heterocycles. The second-order valence-corrected chi connectivity index (χ2v) is 5.71. The first-order chi connectivity index (χ1) is 9.63. The van der Waals surface area contributed by atoms with Gasteiger partial charge in [0, 0.05) is 24.8 Å². The molecule has 0 saturated heterocycles. The Kier molecular flexibility index (Phi) is 7.91. The molecule has 1 heterocycles. The second-order valence-electron chi connectivity index (χ2n) is 4.68. The number of hydrogen-bond acceptors (Lipinski definition) is 4. The first-order valence-electron chi connectivity index (χ1n) is 6.90. The standard InChI is InChI=1S/C14H23N3O2S/c1-11(18)17-13(10-12-6-5-9-20-12)14(19)16-8-4-2-3-7-15/h5-6,9,13H,2-4,7-8,10,15H2,1H3,(H,16,19)(H,17,18). The summed E-state index contributed by atoms with van der Waals surface area (Å²) < 4.78 is 0. The van der Waals surface area contributed by atoms with Crippen LogP contribution < -0.4 is 16.4 Å². The minimum Gasteiger partial charge on any atom is -0.354 e. The number of nitrogens with one attached hydrogen (secondary N) is 2. The van der Waals surface area contributed by atoms with Crippen LogP contribution in [0.3, 0.4) is 0 Å². The fourth-order valence-corrected chi connectivity index (χ4v) is 2.62. The largest absolute Gasteiger partial charge is 0.354 e. The molecule has 2 amide bonds. The van der Waals surface area contributed by atoms with E-state index in [0.29, 0.717) is 19.5 Å². The zero-order valence-corrected chi connectivity index (χ0v) is 12.7. The van der Waals surface area contributed by atoms with Gasteiger partial charge >= 0.3 is 0 Å². The third kappa shape index (κ3) is 6.68. The number of thiophene rings is 1. The van der Waals surface area contributed by atoms with Gasteiger partial charge in [0.2, 0.25) is 11.8 Å². The maximum Gasteiger partial charge on any atom is 0.242 e. The van der Waals surface area contributed by atoms with Gasteiger partial charge in [-0.3, -0.25) is 9.59 Å². The first kappa shape index (κ1) is 16.7. The van der Waals surface area contributed by atoms with E-state index in [9.17, 15) is 9.59 Å². The van der Waals surface area contributed by atoms with E-state index in [0.717, 1.165) is 24.1 Å². The fourth-order valence-electron chi connectivity index (χ4n) is 1.87. The molecule has 0 aliphatic rings. The van der Waals surface area contributed by atoms with Crippen LogP contribution in [0.2, 0.25) is 0 Å². The molecule has 20 heavy (non-hydrogen) atoms. The van der Waals surface area contributed by atoms with Gasteiger partial charge in [0.05, 0.1) is 0 Å². The normalized spacial score (nSPS) is 11.9. The predicted octanol–water partition coefficient (Wildman–Crippen LogP) is 1.04. The van der Waals surface area contributed by atoms with E-state index >= 15 is 0 Å². The molecule has 0 bridgehead atoms. The molecule has 0 spiro atoms. The summed E-state index contributed by atoms with van der Waals surface area (Å²) in [4.78, 5) is 24.4. The van der Waals surface area contributed by atoms with E-state index in [1.54, 1.807) is 11.3 Å². The van der Waals surface area contributed by atoms with Crippen LogP contribution in [0.1, 0.15) is 31.1 Å². The van der Waals surface area contributed by atoms with Crippen LogP contribution in [0.25, 0.3) is 0 Å². The summed E-state index contributed by atoms with van der Waals surface area (Å²) in [5.74, 6) is -0.314. The van der Waals surface area contributed by atoms with Crippen LogP contribution in [-0.2, 0) is 16.0 Å². The Balaban J connectivity index is 2.41. The second kappa shape index (κ2) is 9.50. The molecule has 1 unspecified atom stereocenters. The smallest absolute Gasteiger partial charge is 0.242 e. The van der Waals surface area contributed by atoms with Crippen molar-refractivity contribution in [3.63, 3.8) is 0 Å². The number of amides is 2. The lowest BCUT2D eigenvalue weighted by Gasteiger charge is -2.17. The molecule has 0 saturated carbocycles. The SMILES string of the molecule is CC(=O)NC(Cc1cccs1)C(=O)NCCCCCN. The topological polar surface area (TPSA) is 84.2 Å². The van der Waals surface area contributed by atoms with Crippen LogP contribution in [-0.4, -0.2) is 30.9 Å². The summed E-state index contributed by atoms with van der Waals surface area (Å²) in [7, 11) is 0. The van der Waals surface area contributed by atoms with Crippen molar-refractivity contribution in [1.29, 1.82) is 0 Å². The maximum absolute atomic E-state index is 12.1. The summed E-state index contributed by atoms with van der Waals surface area (Å²) in [6, 6.07) is 3.41. The highest BCUT2D eigenvalue weighted by molar-refractivity contribution is 7.09. The van der Waals surface area contributed by atoms with Crippen molar-refractivity contribution >= 4 is 23.2 Å². The van der Waals surface area contributed by atoms with E-state index in [1.807, 2.05) is 17.5 Å². The van der Waals surface area contributed by atoms with Gasteiger partial charge in [-0.2, -0.15) is 0 Å². The lowest BCUT2D eigenvalue weighted by Crippen LogP contribution is -2.47. The monoisotopic (exact) mass is 297 g/mol. The lowest BCUT2D eigenvalue weighted by molar-refractivity contribution is -0.128. The van der Waals surface area contributed by atoms with E-state index in [4.69, 9.17) is 5.73 Å². The van der Waals surface area contributed by atoms with Crippen LogP contribution in [0, 0.1) is 0 Å².